The van der Waals surface area contributed by atoms with Crippen LogP contribution >= 0.6 is 23.8 Å². The van der Waals surface area contributed by atoms with Crippen LogP contribution < -0.4 is 5.32 Å². The summed E-state index contributed by atoms with van der Waals surface area (Å²) in [5.41, 5.74) is 10.8. The Balaban J connectivity index is 1.57. The van der Waals surface area contributed by atoms with Gasteiger partial charge in [-0.25, -0.2) is 0 Å². The van der Waals surface area contributed by atoms with Crippen LogP contribution in [0.3, 0.4) is 0 Å². The molecule has 0 fully saturated rings. The van der Waals surface area contributed by atoms with Crippen LogP contribution in [0.15, 0.2) is 85.1 Å². The van der Waals surface area contributed by atoms with Gasteiger partial charge in [0.25, 0.3) is 0 Å². The van der Waals surface area contributed by atoms with Crippen molar-refractivity contribution < 1.29 is 0 Å². The summed E-state index contributed by atoms with van der Waals surface area (Å²) in [4.78, 5) is 0.736. The predicted octanol–water partition coefficient (Wildman–Crippen LogP) is 8.41. The molecular formula is C31H28ClN3S. The minimum Gasteiger partial charge on any atom is -0.345 e. The molecule has 0 atom stereocenters. The van der Waals surface area contributed by atoms with Crippen molar-refractivity contribution in [2.24, 2.45) is 0 Å². The van der Waals surface area contributed by atoms with Gasteiger partial charge in [0, 0.05) is 34.6 Å². The Morgan fingerprint density at radius 1 is 0.917 bits per heavy atom. The van der Waals surface area contributed by atoms with E-state index in [1.54, 1.807) is 0 Å². The Morgan fingerprint density at radius 2 is 1.67 bits per heavy atom. The van der Waals surface area contributed by atoms with Crippen LogP contribution in [0.25, 0.3) is 28.0 Å². The van der Waals surface area contributed by atoms with Gasteiger partial charge in [0.1, 0.15) is 10.6 Å². The summed E-state index contributed by atoms with van der Waals surface area (Å²) in [5, 5.41) is 4.30. The molecule has 0 bridgehead atoms. The molecule has 5 aromatic rings. The van der Waals surface area contributed by atoms with Crippen LogP contribution in [0, 0.1) is 0 Å². The van der Waals surface area contributed by atoms with Crippen molar-refractivity contribution in [1.82, 2.24) is 8.97 Å². The van der Waals surface area contributed by atoms with E-state index in [2.05, 4.69) is 94.1 Å². The van der Waals surface area contributed by atoms with E-state index in [1.165, 1.54) is 33.6 Å². The van der Waals surface area contributed by atoms with Crippen molar-refractivity contribution in [2.75, 3.05) is 5.32 Å². The van der Waals surface area contributed by atoms with E-state index in [4.69, 9.17) is 23.8 Å². The van der Waals surface area contributed by atoms with Crippen molar-refractivity contribution in [3.05, 3.63) is 107 Å². The maximum absolute atomic E-state index is 6.21. The lowest BCUT2D eigenvalue weighted by Gasteiger charge is -2.12. The SMILES string of the molecule is CCc1ccc(NC(=S)c2c(-c3ccccc3)c3c4n(c(-c5ccc(Cl)cc5)cn24)CCCC3)cc1. The van der Waals surface area contributed by atoms with Crippen molar-refractivity contribution in [3.8, 4) is 22.4 Å². The summed E-state index contributed by atoms with van der Waals surface area (Å²) >= 11 is 12.3. The first-order chi connectivity index (χ1) is 17.6. The highest BCUT2D eigenvalue weighted by Gasteiger charge is 2.28. The smallest absolute Gasteiger partial charge is 0.128 e. The highest BCUT2D eigenvalue weighted by molar-refractivity contribution is 7.81. The zero-order valence-corrected chi connectivity index (χ0v) is 21.9. The van der Waals surface area contributed by atoms with E-state index in [0.29, 0.717) is 0 Å². The second-order valence-corrected chi connectivity index (χ2v) is 10.2. The van der Waals surface area contributed by atoms with Gasteiger partial charge in [-0.05, 0) is 66.6 Å². The molecule has 1 aliphatic heterocycles. The number of imidazole rings is 1. The van der Waals surface area contributed by atoms with E-state index in [-0.39, 0.29) is 0 Å². The Labute approximate surface area is 222 Å². The Hall–Kier alpha value is -3.34. The number of halogens is 1. The first-order valence-electron chi connectivity index (χ1n) is 12.6. The topological polar surface area (TPSA) is 21.4 Å². The van der Waals surface area contributed by atoms with Gasteiger partial charge >= 0.3 is 0 Å². The van der Waals surface area contributed by atoms with Crippen molar-refractivity contribution in [3.63, 3.8) is 0 Å². The molecule has 0 amide bonds. The van der Waals surface area contributed by atoms with E-state index in [1.807, 2.05) is 12.1 Å². The summed E-state index contributed by atoms with van der Waals surface area (Å²) in [5.74, 6) is 0. The Kier molecular flexibility index (Phi) is 6.16. The zero-order valence-electron chi connectivity index (χ0n) is 20.3. The van der Waals surface area contributed by atoms with Crippen LogP contribution in [0.1, 0.15) is 36.6 Å². The van der Waals surface area contributed by atoms with Gasteiger partial charge in [-0.3, -0.25) is 4.40 Å². The fourth-order valence-corrected chi connectivity index (χ4v) is 5.83. The van der Waals surface area contributed by atoms with Gasteiger partial charge in [-0.2, -0.15) is 0 Å². The molecule has 36 heavy (non-hydrogen) atoms. The first kappa shape index (κ1) is 23.1. The molecule has 0 aliphatic carbocycles. The summed E-state index contributed by atoms with van der Waals surface area (Å²) in [6.07, 6.45) is 6.61. The maximum Gasteiger partial charge on any atom is 0.128 e. The number of aryl methyl sites for hydroxylation is 3. The number of aromatic nitrogens is 2. The molecule has 0 radical (unpaired) electrons. The molecule has 0 saturated carbocycles. The van der Waals surface area contributed by atoms with E-state index >= 15 is 0 Å². The lowest BCUT2D eigenvalue weighted by atomic mass is 9.98. The number of anilines is 1. The zero-order chi connectivity index (χ0) is 24.6. The maximum atomic E-state index is 6.21. The molecule has 2 aromatic heterocycles. The fraction of sp³-hybridized carbons (Fsp3) is 0.194. The van der Waals surface area contributed by atoms with Crippen LogP contribution in [0.5, 0.6) is 0 Å². The van der Waals surface area contributed by atoms with E-state index < -0.39 is 0 Å². The number of rotatable bonds is 5. The molecule has 3 aromatic carbocycles. The molecule has 5 heteroatoms. The Bertz CT molecular complexity index is 1540. The second-order valence-electron chi connectivity index (χ2n) is 9.40. The monoisotopic (exact) mass is 509 g/mol. The Morgan fingerprint density at radius 3 is 2.39 bits per heavy atom. The summed E-state index contributed by atoms with van der Waals surface area (Å²) in [6.45, 7) is 3.16. The van der Waals surface area contributed by atoms with Gasteiger partial charge in [-0.1, -0.05) is 85.3 Å². The van der Waals surface area contributed by atoms with Crippen LogP contribution in [0.2, 0.25) is 5.02 Å². The molecule has 3 heterocycles. The third-order valence-corrected chi connectivity index (χ3v) is 7.72. The van der Waals surface area contributed by atoms with Crippen molar-refractivity contribution in [1.29, 1.82) is 0 Å². The lowest BCUT2D eigenvalue weighted by molar-refractivity contribution is 0.647. The molecule has 6 rings (SSSR count). The fourth-order valence-electron chi connectivity index (χ4n) is 5.39. The number of nitrogens with zero attached hydrogens (tertiary/aromatic N) is 2. The quantitative estimate of drug-likeness (QED) is 0.240. The minimum atomic E-state index is 0.736. The number of nitrogens with one attached hydrogen (secondary N) is 1. The lowest BCUT2D eigenvalue weighted by Crippen LogP contribution is -2.14. The number of hydrogen-bond acceptors (Lipinski definition) is 1. The highest BCUT2D eigenvalue weighted by atomic mass is 35.5. The molecule has 0 unspecified atom stereocenters. The average molecular weight is 510 g/mol. The van der Waals surface area contributed by atoms with E-state index in [0.717, 1.165) is 59.2 Å². The summed E-state index contributed by atoms with van der Waals surface area (Å²) in [6, 6.07) is 27.4. The normalized spacial score (nSPS) is 13.1. The molecular weight excluding hydrogens is 482 g/mol. The number of hydrogen-bond donors (Lipinski definition) is 1. The van der Waals surface area contributed by atoms with Gasteiger partial charge < -0.3 is 9.88 Å². The number of benzene rings is 3. The molecule has 0 saturated heterocycles. The first-order valence-corrected chi connectivity index (χ1v) is 13.4. The average Bonchev–Trinajstić information content (AvgIpc) is 3.33. The van der Waals surface area contributed by atoms with Gasteiger partial charge in [0.05, 0.1) is 11.4 Å². The molecule has 180 valence electrons. The molecule has 0 spiro atoms. The van der Waals surface area contributed by atoms with Crippen LogP contribution in [-0.2, 0) is 19.4 Å². The standard InChI is InChI=1S/C31H28ClN3S/c1-2-21-11-17-25(18-12-21)33-30(36)29-28(23-8-4-3-5-9-23)26-10-6-7-19-34-27(20-35(29)31(26)34)22-13-15-24(32)16-14-22/h3-5,8-9,11-18,20H,2,6-7,10,19H2,1H3,(H,33,36). The van der Waals surface area contributed by atoms with Crippen molar-refractivity contribution in [2.45, 2.75) is 39.2 Å². The summed E-state index contributed by atoms with van der Waals surface area (Å²) < 4.78 is 4.79. The van der Waals surface area contributed by atoms with Crippen molar-refractivity contribution >= 4 is 40.1 Å². The highest BCUT2D eigenvalue weighted by Crippen LogP contribution is 2.40. The van der Waals surface area contributed by atoms with E-state index in [9.17, 15) is 0 Å². The third-order valence-electron chi connectivity index (χ3n) is 7.17. The van der Waals surface area contributed by atoms with Gasteiger partial charge in [0.15, 0.2) is 0 Å². The molecule has 1 N–H and O–H groups in total. The second kappa shape index (κ2) is 9.61. The summed E-state index contributed by atoms with van der Waals surface area (Å²) in [7, 11) is 0. The van der Waals surface area contributed by atoms with Crippen LogP contribution in [-0.4, -0.2) is 14.0 Å². The number of thiocarbonyl (C=S) groups is 1. The van der Waals surface area contributed by atoms with Gasteiger partial charge in [-0.15, -0.1) is 0 Å². The largest absolute Gasteiger partial charge is 0.345 e. The van der Waals surface area contributed by atoms with Crippen LogP contribution in [0.4, 0.5) is 5.69 Å². The third kappa shape index (κ3) is 4.04. The minimum absolute atomic E-state index is 0.736. The predicted molar refractivity (Wildman–Crippen MR) is 155 cm³/mol. The van der Waals surface area contributed by atoms with Gasteiger partial charge in [0.2, 0.25) is 0 Å². The molecule has 3 nitrogen and oxygen atoms in total. The molecule has 1 aliphatic rings.